The summed E-state index contributed by atoms with van der Waals surface area (Å²) in [6.07, 6.45) is 7.07. The third kappa shape index (κ3) is 3.17. The zero-order chi connectivity index (χ0) is 9.52. The van der Waals surface area contributed by atoms with Crippen molar-refractivity contribution in [2.45, 2.75) is 52.4 Å². The molecule has 0 atom stereocenters. The first-order valence-corrected chi connectivity index (χ1v) is 5.27. The third-order valence-corrected chi connectivity index (χ3v) is 2.21. The van der Waals surface area contributed by atoms with Crippen molar-refractivity contribution < 1.29 is 0 Å². The van der Waals surface area contributed by atoms with Crippen molar-refractivity contribution in [1.29, 1.82) is 0 Å². The van der Waals surface area contributed by atoms with Crippen molar-refractivity contribution in [2.24, 2.45) is 0 Å². The lowest BCUT2D eigenvalue weighted by atomic mass is 10.1. The predicted octanol–water partition coefficient (Wildman–Crippen LogP) is 2.49. The van der Waals surface area contributed by atoms with E-state index >= 15 is 0 Å². The topological polar surface area (TPSA) is 41.6 Å². The lowest BCUT2D eigenvalue weighted by Crippen LogP contribution is -1.93. The van der Waals surface area contributed by atoms with E-state index in [1.807, 2.05) is 0 Å². The minimum atomic E-state index is 1.05. The van der Waals surface area contributed by atoms with E-state index in [1.165, 1.54) is 30.7 Å². The average Bonchev–Trinajstić information content (AvgIpc) is 2.54. The molecule has 0 spiro atoms. The molecule has 0 aliphatic heterocycles. The Balaban J connectivity index is 2.40. The Bertz CT molecular complexity index is 230. The van der Waals surface area contributed by atoms with E-state index in [0.29, 0.717) is 0 Å². The van der Waals surface area contributed by atoms with Crippen LogP contribution in [0.5, 0.6) is 0 Å². The summed E-state index contributed by atoms with van der Waals surface area (Å²) >= 11 is 0. The number of nitrogens with one attached hydrogen (secondary N) is 1. The molecule has 0 bridgehead atoms. The summed E-state index contributed by atoms with van der Waals surface area (Å²) in [5.74, 6) is 0. The molecule has 0 aliphatic carbocycles. The van der Waals surface area contributed by atoms with Crippen LogP contribution in [0.1, 0.15) is 50.9 Å². The Kier molecular flexibility index (Phi) is 4.50. The van der Waals surface area contributed by atoms with Gasteiger partial charge in [-0.2, -0.15) is 15.4 Å². The van der Waals surface area contributed by atoms with Gasteiger partial charge in [0.2, 0.25) is 0 Å². The molecular weight excluding hydrogens is 162 g/mol. The lowest BCUT2D eigenvalue weighted by molar-refractivity contribution is 0.700. The second kappa shape index (κ2) is 5.73. The van der Waals surface area contributed by atoms with Gasteiger partial charge in [0.05, 0.1) is 11.4 Å². The van der Waals surface area contributed by atoms with Crippen LogP contribution < -0.4 is 0 Å². The highest BCUT2D eigenvalue weighted by atomic mass is 15.3. The molecule has 13 heavy (non-hydrogen) atoms. The van der Waals surface area contributed by atoms with Gasteiger partial charge in [-0.25, -0.2) is 0 Å². The Labute approximate surface area is 79.9 Å². The van der Waals surface area contributed by atoms with E-state index in [2.05, 4.69) is 29.3 Å². The van der Waals surface area contributed by atoms with Crippen LogP contribution in [-0.2, 0) is 12.8 Å². The molecule has 0 amide bonds. The first-order chi connectivity index (χ1) is 6.38. The van der Waals surface area contributed by atoms with Gasteiger partial charge >= 0.3 is 0 Å². The zero-order valence-electron chi connectivity index (χ0n) is 8.64. The molecule has 0 fully saturated rings. The normalized spacial score (nSPS) is 10.6. The summed E-state index contributed by atoms with van der Waals surface area (Å²) in [4.78, 5) is 0. The summed E-state index contributed by atoms with van der Waals surface area (Å²) < 4.78 is 0. The van der Waals surface area contributed by atoms with E-state index in [4.69, 9.17) is 0 Å². The summed E-state index contributed by atoms with van der Waals surface area (Å²) in [5.41, 5.74) is 2.34. The van der Waals surface area contributed by atoms with Crippen LogP contribution in [0.25, 0.3) is 0 Å². The van der Waals surface area contributed by atoms with Gasteiger partial charge in [0.1, 0.15) is 0 Å². The quantitative estimate of drug-likeness (QED) is 0.685. The van der Waals surface area contributed by atoms with E-state index in [9.17, 15) is 0 Å². The van der Waals surface area contributed by atoms with E-state index in [1.54, 1.807) is 0 Å². The number of aryl methyl sites for hydroxylation is 2. The van der Waals surface area contributed by atoms with Crippen molar-refractivity contribution >= 4 is 0 Å². The standard InChI is InChI=1S/C10H19N3/c1-3-5-6-8-10-9(7-4-2)11-13-12-10/h3-8H2,1-2H3,(H,11,12,13). The molecule has 1 aromatic rings. The number of rotatable bonds is 6. The molecule has 0 aromatic carbocycles. The molecule has 0 saturated heterocycles. The van der Waals surface area contributed by atoms with Gasteiger partial charge in [-0.1, -0.05) is 33.1 Å². The highest BCUT2D eigenvalue weighted by molar-refractivity contribution is 5.08. The maximum Gasteiger partial charge on any atom is 0.0856 e. The molecule has 0 radical (unpaired) electrons. The SMILES string of the molecule is CCCCCc1n[nH]nc1CCC. The molecule has 1 heterocycles. The number of hydrogen-bond acceptors (Lipinski definition) is 2. The summed E-state index contributed by atoms with van der Waals surface area (Å²) in [5, 5.41) is 11.0. The van der Waals surface area contributed by atoms with Gasteiger partial charge in [-0.3, -0.25) is 0 Å². The fourth-order valence-corrected chi connectivity index (χ4v) is 1.45. The van der Waals surface area contributed by atoms with Gasteiger partial charge in [0.25, 0.3) is 0 Å². The summed E-state index contributed by atoms with van der Waals surface area (Å²) in [7, 11) is 0. The Morgan fingerprint density at radius 1 is 0.923 bits per heavy atom. The van der Waals surface area contributed by atoms with E-state index < -0.39 is 0 Å². The van der Waals surface area contributed by atoms with Crippen LogP contribution >= 0.6 is 0 Å². The number of aromatic nitrogens is 3. The van der Waals surface area contributed by atoms with Crippen LogP contribution in [0.2, 0.25) is 0 Å². The highest BCUT2D eigenvalue weighted by Gasteiger charge is 2.05. The molecule has 1 N–H and O–H groups in total. The van der Waals surface area contributed by atoms with Gasteiger partial charge < -0.3 is 0 Å². The monoisotopic (exact) mass is 181 g/mol. The highest BCUT2D eigenvalue weighted by Crippen LogP contribution is 2.08. The van der Waals surface area contributed by atoms with Crippen molar-refractivity contribution in [3.8, 4) is 0 Å². The van der Waals surface area contributed by atoms with E-state index in [0.717, 1.165) is 19.3 Å². The number of H-pyrrole nitrogens is 1. The number of nitrogens with zero attached hydrogens (tertiary/aromatic N) is 2. The van der Waals surface area contributed by atoms with Crippen LogP contribution in [0.4, 0.5) is 0 Å². The number of unbranched alkanes of at least 4 members (excludes halogenated alkanes) is 2. The molecule has 0 aliphatic rings. The summed E-state index contributed by atoms with van der Waals surface area (Å²) in [6.45, 7) is 4.39. The van der Waals surface area contributed by atoms with Crippen molar-refractivity contribution in [3.05, 3.63) is 11.4 Å². The number of aromatic amines is 1. The second-order valence-electron chi connectivity index (χ2n) is 3.42. The van der Waals surface area contributed by atoms with Gasteiger partial charge in [-0.15, -0.1) is 0 Å². The third-order valence-electron chi connectivity index (χ3n) is 2.21. The number of hydrogen-bond donors (Lipinski definition) is 1. The van der Waals surface area contributed by atoms with Crippen LogP contribution in [0.15, 0.2) is 0 Å². The van der Waals surface area contributed by atoms with Gasteiger partial charge in [-0.05, 0) is 19.3 Å². The van der Waals surface area contributed by atoms with Crippen molar-refractivity contribution in [2.75, 3.05) is 0 Å². The zero-order valence-corrected chi connectivity index (χ0v) is 8.64. The van der Waals surface area contributed by atoms with Crippen LogP contribution in [0, 0.1) is 0 Å². The molecule has 3 heteroatoms. The largest absolute Gasteiger partial charge is 0.197 e. The second-order valence-corrected chi connectivity index (χ2v) is 3.42. The first kappa shape index (κ1) is 10.2. The molecule has 3 nitrogen and oxygen atoms in total. The Morgan fingerprint density at radius 2 is 1.62 bits per heavy atom. The molecule has 0 unspecified atom stereocenters. The smallest absolute Gasteiger partial charge is 0.0856 e. The minimum Gasteiger partial charge on any atom is -0.197 e. The van der Waals surface area contributed by atoms with Crippen molar-refractivity contribution in [3.63, 3.8) is 0 Å². The first-order valence-electron chi connectivity index (χ1n) is 5.27. The molecule has 74 valence electrons. The summed E-state index contributed by atoms with van der Waals surface area (Å²) in [6, 6.07) is 0. The maximum atomic E-state index is 4.17. The van der Waals surface area contributed by atoms with Gasteiger partial charge in [0.15, 0.2) is 0 Å². The molecule has 1 aromatic heterocycles. The maximum absolute atomic E-state index is 4.17. The predicted molar refractivity (Wildman–Crippen MR) is 53.6 cm³/mol. The fourth-order valence-electron chi connectivity index (χ4n) is 1.45. The molecular formula is C10H19N3. The average molecular weight is 181 g/mol. The minimum absolute atomic E-state index is 1.05. The molecule has 0 saturated carbocycles. The van der Waals surface area contributed by atoms with E-state index in [-0.39, 0.29) is 0 Å². The van der Waals surface area contributed by atoms with Crippen LogP contribution in [0.3, 0.4) is 0 Å². The fraction of sp³-hybridized carbons (Fsp3) is 0.800. The van der Waals surface area contributed by atoms with Crippen molar-refractivity contribution in [1.82, 2.24) is 15.4 Å². The molecule has 1 rings (SSSR count). The lowest BCUT2D eigenvalue weighted by Gasteiger charge is -1.97. The van der Waals surface area contributed by atoms with Crippen LogP contribution in [-0.4, -0.2) is 15.4 Å². The Morgan fingerprint density at radius 3 is 2.23 bits per heavy atom. The van der Waals surface area contributed by atoms with Gasteiger partial charge in [0, 0.05) is 0 Å². The Hall–Kier alpha value is -0.860.